The van der Waals surface area contributed by atoms with Crippen molar-refractivity contribution in [2.24, 2.45) is 0 Å². The van der Waals surface area contributed by atoms with Gasteiger partial charge < -0.3 is 0 Å². The number of fused-ring (bicyclic) bond motifs is 1. The van der Waals surface area contributed by atoms with E-state index in [1.54, 1.807) is 36.4 Å². The minimum Gasteiger partial charge on any atom is -0.268 e. The zero-order valence-electron chi connectivity index (χ0n) is 13.2. The lowest BCUT2D eigenvalue weighted by Crippen LogP contribution is -2.33. The van der Waals surface area contributed by atoms with Crippen LogP contribution in [0.4, 0.5) is 5.69 Å². The van der Waals surface area contributed by atoms with Crippen LogP contribution >= 0.6 is 0 Å². The Labute approximate surface area is 136 Å². The number of carbonyl (C=O) groups excluding carboxylic acids is 1. The summed E-state index contributed by atoms with van der Waals surface area (Å²) < 4.78 is 26.9. The molecule has 5 heteroatoms. The molecular formula is C18H17NO3S. The molecule has 0 spiro atoms. The van der Waals surface area contributed by atoms with Crippen LogP contribution in [0.15, 0.2) is 59.0 Å². The van der Waals surface area contributed by atoms with E-state index in [-0.39, 0.29) is 4.90 Å². The highest BCUT2D eigenvalue weighted by molar-refractivity contribution is 7.93. The highest BCUT2D eigenvalue weighted by atomic mass is 32.2. The van der Waals surface area contributed by atoms with E-state index in [1.165, 1.54) is 12.1 Å². The van der Waals surface area contributed by atoms with E-state index in [0.29, 0.717) is 16.8 Å². The first-order chi connectivity index (χ1) is 10.8. The summed E-state index contributed by atoms with van der Waals surface area (Å²) in [7, 11) is -3.93. The van der Waals surface area contributed by atoms with Crippen LogP contribution in [0.25, 0.3) is 5.57 Å². The van der Waals surface area contributed by atoms with Gasteiger partial charge in [0.25, 0.3) is 15.9 Å². The molecule has 4 nitrogen and oxygen atoms in total. The van der Waals surface area contributed by atoms with Crippen LogP contribution in [0.1, 0.15) is 25.0 Å². The number of nitrogens with zero attached hydrogens (tertiary/aromatic N) is 1. The van der Waals surface area contributed by atoms with Gasteiger partial charge in [-0.05, 0) is 39.0 Å². The molecule has 2 aromatic rings. The van der Waals surface area contributed by atoms with Crippen LogP contribution in [0.5, 0.6) is 0 Å². The Morgan fingerprint density at radius 2 is 1.57 bits per heavy atom. The van der Waals surface area contributed by atoms with E-state index < -0.39 is 15.9 Å². The van der Waals surface area contributed by atoms with Gasteiger partial charge in [-0.2, -0.15) is 4.31 Å². The first-order valence-electron chi connectivity index (χ1n) is 7.27. The van der Waals surface area contributed by atoms with Gasteiger partial charge in [0.2, 0.25) is 0 Å². The fraction of sp³-hybridized carbons (Fsp3) is 0.167. The summed E-state index contributed by atoms with van der Waals surface area (Å²) in [6, 6.07) is 13.5. The Bertz CT molecular complexity index is 921. The van der Waals surface area contributed by atoms with Crippen molar-refractivity contribution in [2.75, 3.05) is 4.31 Å². The molecule has 118 valence electrons. The molecule has 0 saturated heterocycles. The van der Waals surface area contributed by atoms with E-state index in [2.05, 4.69) is 0 Å². The van der Waals surface area contributed by atoms with Gasteiger partial charge in [0, 0.05) is 11.1 Å². The number of hydrogen-bond donors (Lipinski definition) is 0. The Morgan fingerprint density at radius 1 is 0.957 bits per heavy atom. The first kappa shape index (κ1) is 15.5. The number of para-hydroxylation sites is 1. The number of anilines is 1. The molecule has 3 rings (SSSR count). The van der Waals surface area contributed by atoms with Crippen LogP contribution < -0.4 is 4.31 Å². The Kier molecular flexibility index (Phi) is 3.60. The Balaban J connectivity index is 2.23. The van der Waals surface area contributed by atoms with Gasteiger partial charge >= 0.3 is 0 Å². The number of rotatable bonds is 2. The fourth-order valence-corrected chi connectivity index (χ4v) is 4.14. The lowest BCUT2D eigenvalue weighted by molar-refractivity contribution is -0.112. The van der Waals surface area contributed by atoms with Crippen molar-refractivity contribution in [1.82, 2.24) is 0 Å². The molecule has 0 radical (unpaired) electrons. The number of sulfonamides is 1. The zero-order chi connectivity index (χ0) is 16.8. The molecule has 2 aromatic carbocycles. The minimum absolute atomic E-state index is 0.112. The van der Waals surface area contributed by atoms with Gasteiger partial charge in [-0.25, -0.2) is 8.42 Å². The van der Waals surface area contributed by atoms with E-state index in [1.807, 2.05) is 20.8 Å². The Morgan fingerprint density at radius 3 is 2.17 bits per heavy atom. The van der Waals surface area contributed by atoms with Gasteiger partial charge in [-0.15, -0.1) is 0 Å². The average molecular weight is 327 g/mol. The lowest BCUT2D eigenvalue weighted by atomic mass is 10.0. The van der Waals surface area contributed by atoms with E-state index in [9.17, 15) is 13.2 Å². The van der Waals surface area contributed by atoms with Crippen molar-refractivity contribution in [2.45, 2.75) is 25.7 Å². The van der Waals surface area contributed by atoms with Crippen molar-refractivity contribution in [3.8, 4) is 0 Å². The van der Waals surface area contributed by atoms with E-state index in [0.717, 1.165) is 15.4 Å². The summed E-state index contributed by atoms with van der Waals surface area (Å²) in [5, 5.41) is 0. The quantitative estimate of drug-likeness (QED) is 0.793. The minimum atomic E-state index is -3.93. The van der Waals surface area contributed by atoms with Gasteiger partial charge in [-0.1, -0.05) is 41.5 Å². The highest BCUT2D eigenvalue weighted by Gasteiger charge is 2.41. The predicted octanol–water partition coefficient (Wildman–Crippen LogP) is 3.52. The molecule has 0 atom stereocenters. The number of carbonyl (C=O) groups is 1. The molecular weight excluding hydrogens is 310 g/mol. The first-order valence-corrected chi connectivity index (χ1v) is 8.71. The Hall–Kier alpha value is -2.40. The summed E-state index contributed by atoms with van der Waals surface area (Å²) in [6.45, 7) is 5.51. The number of allylic oxidation sites excluding steroid dienone is 1. The zero-order valence-corrected chi connectivity index (χ0v) is 14.0. The van der Waals surface area contributed by atoms with Crippen LogP contribution in [-0.2, 0) is 14.8 Å². The largest absolute Gasteiger partial charge is 0.272 e. The third kappa shape index (κ3) is 2.37. The van der Waals surface area contributed by atoms with Crippen LogP contribution in [0, 0.1) is 6.92 Å². The predicted molar refractivity (Wildman–Crippen MR) is 90.6 cm³/mol. The standard InChI is InChI=1S/C18H17NO3S/c1-12(2)17-15-6-4-5-7-16(15)19(18(17)20)23(21,22)14-10-8-13(3)9-11-14/h4-11H,1-3H3. The molecule has 1 aliphatic rings. The topological polar surface area (TPSA) is 54.5 Å². The fourth-order valence-electron chi connectivity index (χ4n) is 2.73. The molecule has 0 aliphatic carbocycles. The van der Waals surface area contributed by atoms with Crippen molar-refractivity contribution in [1.29, 1.82) is 0 Å². The second kappa shape index (κ2) is 5.35. The van der Waals surface area contributed by atoms with Crippen molar-refractivity contribution < 1.29 is 13.2 Å². The van der Waals surface area contributed by atoms with Crippen molar-refractivity contribution in [3.05, 3.63) is 65.2 Å². The van der Waals surface area contributed by atoms with Crippen molar-refractivity contribution in [3.63, 3.8) is 0 Å². The molecule has 1 heterocycles. The second-order valence-electron chi connectivity index (χ2n) is 5.78. The number of benzene rings is 2. The molecule has 0 aromatic heterocycles. The number of hydrogen-bond acceptors (Lipinski definition) is 3. The van der Waals surface area contributed by atoms with E-state index in [4.69, 9.17) is 0 Å². The maximum atomic E-state index is 13.0. The third-order valence-corrected chi connectivity index (χ3v) is 5.56. The monoisotopic (exact) mass is 327 g/mol. The molecule has 1 aliphatic heterocycles. The van der Waals surface area contributed by atoms with E-state index >= 15 is 0 Å². The smallest absolute Gasteiger partial charge is 0.268 e. The van der Waals surface area contributed by atoms with Crippen LogP contribution in [0.2, 0.25) is 0 Å². The van der Waals surface area contributed by atoms with Gasteiger partial charge in [0.05, 0.1) is 10.6 Å². The summed E-state index contributed by atoms with van der Waals surface area (Å²) in [5.41, 5.74) is 3.28. The summed E-state index contributed by atoms with van der Waals surface area (Å²) in [4.78, 5) is 12.9. The SMILES string of the molecule is CC(C)=C1C(=O)N(S(=O)(=O)c2ccc(C)cc2)c2ccccc21. The second-order valence-corrected chi connectivity index (χ2v) is 7.57. The number of amides is 1. The van der Waals surface area contributed by atoms with Gasteiger partial charge in [0.15, 0.2) is 0 Å². The van der Waals surface area contributed by atoms with Crippen LogP contribution in [-0.4, -0.2) is 14.3 Å². The normalized spacial score (nSPS) is 14.1. The molecule has 0 saturated carbocycles. The van der Waals surface area contributed by atoms with Crippen LogP contribution in [0.3, 0.4) is 0 Å². The molecule has 0 unspecified atom stereocenters. The summed E-state index contributed by atoms with van der Waals surface area (Å²) in [6.07, 6.45) is 0. The molecule has 0 bridgehead atoms. The molecule has 0 fully saturated rings. The lowest BCUT2D eigenvalue weighted by Gasteiger charge is -2.17. The average Bonchev–Trinajstić information content (AvgIpc) is 2.80. The molecule has 1 amide bonds. The third-order valence-electron chi connectivity index (χ3n) is 3.85. The molecule has 0 N–H and O–H groups in total. The maximum absolute atomic E-state index is 13.0. The number of aryl methyl sites for hydroxylation is 1. The van der Waals surface area contributed by atoms with Crippen molar-refractivity contribution >= 4 is 27.2 Å². The highest BCUT2D eigenvalue weighted by Crippen LogP contribution is 2.41. The summed E-state index contributed by atoms with van der Waals surface area (Å²) >= 11 is 0. The molecule has 23 heavy (non-hydrogen) atoms. The van der Waals surface area contributed by atoms with Gasteiger partial charge in [0.1, 0.15) is 0 Å². The van der Waals surface area contributed by atoms with Gasteiger partial charge in [-0.3, -0.25) is 4.79 Å². The maximum Gasteiger partial charge on any atom is 0.272 e. The summed E-state index contributed by atoms with van der Waals surface area (Å²) in [5.74, 6) is -0.494.